The summed E-state index contributed by atoms with van der Waals surface area (Å²) in [5, 5.41) is 10.5. The lowest BCUT2D eigenvalue weighted by Crippen LogP contribution is -2.38. The average Bonchev–Trinajstić information content (AvgIpc) is 2.39. The second-order valence-electron chi connectivity index (χ2n) is 4.26. The lowest BCUT2D eigenvalue weighted by Gasteiger charge is -2.22. The van der Waals surface area contributed by atoms with Crippen LogP contribution in [0, 0.1) is 10.1 Å². The van der Waals surface area contributed by atoms with E-state index < -0.39 is 14.9 Å². The van der Waals surface area contributed by atoms with Crippen LogP contribution >= 0.6 is 0 Å². The summed E-state index contributed by atoms with van der Waals surface area (Å²) in [7, 11) is -3.63. The number of nitrogens with zero attached hydrogens (tertiary/aromatic N) is 1. The van der Waals surface area contributed by atoms with Crippen LogP contribution in [0.1, 0.15) is 12.8 Å². The lowest BCUT2D eigenvalue weighted by atomic mass is 10.1. The molecule has 1 aromatic carbocycles. The molecule has 0 amide bonds. The third kappa shape index (κ3) is 3.49. The predicted octanol–water partition coefficient (Wildman–Crippen LogP) is 1.05. The highest BCUT2D eigenvalue weighted by Gasteiger charge is 2.22. The van der Waals surface area contributed by atoms with E-state index in [1.807, 2.05) is 0 Å². The number of benzene rings is 1. The molecule has 1 aliphatic rings. The summed E-state index contributed by atoms with van der Waals surface area (Å²) < 4.78 is 31.9. The second-order valence-corrected chi connectivity index (χ2v) is 5.97. The van der Waals surface area contributed by atoms with Crippen LogP contribution in [0.2, 0.25) is 0 Å². The van der Waals surface area contributed by atoms with Gasteiger partial charge in [-0.3, -0.25) is 10.1 Å². The molecule has 19 heavy (non-hydrogen) atoms. The normalized spacial score (nSPS) is 17.3. The Morgan fingerprint density at radius 1 is 1.21 bits per heavy atom. The Labute approximate surface area is 110 Å². The molecule has 0 saturated carbocycles. The molecule has 2 rings (SSSR count). The maximum absolute atomic E-state index is 12.1. The van der Waals surface area contributed by atoms with Gasteiger partial charge in [-0.1, -0.05) is 0 Å². The van der Waals surface area contributed by atoms with Gasteiger partial charge in [-0.05, 0) is 25.0 Å². The fourth-order valence-corrected chi connectivity index (χ4v) is 3.15. The summed E-state index contributed by atoms with van der Waals surface area (Å²) in [5.41, 5.74) is -0.134. The van der Waals surface area contributed by atoms with Crippen molar-refractivity contribution < 1.29 is 18.1 Å². The van der Waals surface area contributed by atoms with Crippen molar-refractivity contribution in [1.82, 2.24) is 4.72 Å². The van der Waals surface area contributed by atoms with E-state index in [0.717, 1.165) is 0 Å². The maximum atomic E-state index is 12.1. The third-order valence-corrected chi connectivity index (χ3v) is 4.44. The molecule has 8 heteroatoms. The van der Waals surface area contributed by atoms with Crippen molar-refractivity contribution in [2.45, 2.75) is 23.8 Å². The van der Waals surface area contributed by atoms with Gasteiger partial charge in [-0.15, -0.1) is 0 Å². The molecule has 0 aliphatic carbocycles. The van der Waals surface area contributed by atoms with Crippen molar-refractivity contribution in [2.75, 3.05) is 13.2 Å². The SMILES string of the molecule is O=[N+]([O-])c1ccc(S(=O)(=O)NC2CCOCC2)cc1. The molecule has 7 nitrogen and oxygen atoms in total. The molecule has 0 aromatic heterocycles. The zero-order chi connectivity index (χ0) is 13.9. The Bertz CT molecular complexity index is 549. The van der Waals surface area contributed by atoms with E-state index in [-0.39, 0.29) is 16.6 Å². The summed E-state index contributed by atoms with van der Waals surface area (Å²) in [6.45, 7) is 1.07. The van der Waals surface area contributed by atoms with Crippen molar-refractivity contribution in [1.29, 1.82) is 0 Å². The second kappa shape index (κ2) is 5.64. The quantitative estimate of drug-likeness (QED) is 0.659. The highest BCUT2D eigenvalue weighted by Crippen LogP contribution is 2.17. The summed E-state index contributed by atoms with van der Waals surface area (Å²) >= 11 is 0. The van der Waals surface area contributed by atoms with Crippen LogP contribution < -0.4 is 4.72 Å². The number of hydrogen-bond acceptors (Lipinski definition) is 5. The standard InChI is InChI=1S/C11H14N2O5S/c14-13(15)10-1-3-11(4-2-10)19(16,17)12-9-5-7-18-8-6-9/h1-4,9,12H,5-8H2. The van der Waals surface area contributed by atoms with E-state index in [1.165, 1.54) is 24.3 Å². The topological polar surface area (TPSA) is 98.5 Å². The van der Waals surface area contributed by atoms with E-state index in [0.29, 0.717) is 26.1 Å². The minimum atomic E-state index is -3.63. The van der Waals surface area contributed by atoms with Crippen molar-refractivity contribution in [3.05, 3.63) is 34.4 Å². The Morgan fingerprint density at radius 3 is 2.32 bits per heavy atom. The molecule has 1 saturated heterocycles. The largest absolute Gasteiger partial charge is 0.381 e. The van der Waals surface area contributed by atoms with Crippen molar-refractivity contribution in [3.63, 3.8) is 0 Å². The third-order valence-electron chi connectivity index (χ3n) is 2.90. The molecule has 104 valence electrons. The zero-order valence-corrected chi connectivity index (χ0v) is 10.9. The maximum Gasteiger partial charge on any atom is 0.269 e. The van der Waals surface area contributed by atoms with E-state index in [9.17, 15) is 18.5 Å². The fourth-order valence-electron chi connectivity index (χ4n) is 1.85. The predicted molar refractivity (Wildman–Crippen MR) is 67.3 cm³/mol. The highest BCUT2D eigenvalue weighted by atomic mass is 32.2. The Hall–Kier alpha value is -1.51. The van der Waals surface area contributed by atoms with Crippen molar-refractivity contribution >= 4 is 15.7 Å². The van der Waals surface area contributed by atoms with Crippen LogP contribution in [-0.4, -0.2) is 32.6 Å². The van der Waals surface area contributed by atoms with Crippen LogP contribution in [0.5, 0.6) is 0 Å². The first-order valence-electron chi connectivity index (χ1n) is 5.83. The summed E-state index contributed by atoms with van der Waals surface area (Å²) in [6, 6.07) is 4.69. The van der Waals surface area contributed by atoms with E-state index >= 15 is 0 Å². The fraction of sp³-hybridized carbons (Fsp3) is 0.455. The number of rotatable bonds is 4. The summed E-state index contributed by atoms with van der Waals surface area (Å²) in [4.78, 5) is 9.97. The van der Waals surface area contributed by atoms with Crippen LogP contribution in [0.4, 0.5) is 5.69 Å². The molecule has 1 aromatic rings. The van der Waals surface area contributed by atoms with Gasteiger partial charge < -0.3 is 4.74 Å². The van der Waals surface area contributed by atoms with E-state index in [4.69, 9.17) is 4.74 Å². The molecular weight excluding hydrogens is 272 g/mol. The Morgan fingerprint density at radius 2 is 1.79 bits per heavy atom. The van der Waals surface area contributed by atoms with Gasteiger partial charge in [-0.25, -0.2) is 13.1 Å². The van der Waals surface area contributed by atoms with Crippen LogP contribution in [0.15, 0.2) is 29.2 Å². The molecule has 0 bridgehead atoms. The average molecular weight is 286 g/mol. The lowest BCUT2D eigenvalue weighted by molar-refractivity contribution is -0.384. The van der Waals surface area contributed by atoms with E-state index in [1.54, 1.807) is 0 Å². The molecule has 1 aliphatic heterocycles. The van der Waals surface area contributed by atoms with Gasteiger partial charge in [0.25, 0.3) is 5.69 Å². The first-order chi connectivity index (χ1) is 8.99. The number of nitro groups is 1. The van der Waals surface area contributed by atoms with Crippen LogP contribution in [0.3, 0.4) is 0 Å². The van der Waals surface area contributed by atoms with Crippen LogP contribution in [-0.2, 0) is 14.8 Å². The number of hydrogen-bond donors (Lipinski definition) is 1. The summed E-state index contributed by atoms with van der Waals surface area (Å²) in [5.74, 6) is 0. The summed E-state index contributed by atoms with van der Waals surface area (Å²) in [6.07, 6.45) is 1.26. The van der Waals surface area contributed by atoms with Gasteiger partial charge in [0.2, 0.25) is 10.0 Å². The van der Waals surface area contributed by atoms with Gasteiger partial charge in [0.15, 0.2) is 0 Å². The van der Waals surface area contributed by atoms with Gasteiger partial charge in [-0.2, -0.15) is 0 Å². The van der Waals surface area contributed by atoms with Gasteiger partial charge in [0, 0.05) is 31.4 Å². The zero-order valence-electron chi connectivity index (χ0n) is 10.1. The first kappa shape index (κ1) is 13.9. The highest BCUT2D eigenvalue weighted by molar-refractivity contribution is 7.89. The molecule has 0 unspecified atom stereocenters. The molecule has 1 N–H and O–H groups in total. The minimum Gasteiger partial charge on any atom is -0.381 e. The van der Waals surface area contributed by atoms with Crippen molar-refractivity contribution in [3.8, 4) is 0 Å². The van der Waals surface area contributed by atoms with Gasteiger partial charge in [0.1, 0.15) is 0 Å². The van der Waals surface area contributed by atoms with Crippen LogP contribution in [0.25, 0.3) is 0 Å². The van der Waals surface area contributed by atoms with Gasteiger partial charge >= 0.3 is 0 Å². The van der Waals surface area contributed by atoms with Crippen molar-refractivity contribution in [2.24, 2.45) is 0 Å². The smallest absolute Gasteiger partial charge is 0.269 e. The number of non-ortho nitro benzene ring substituents is 1. The molecule has 0 atom stereocenters. The molecule has 0 radical (unpaired) electrons. The molecule has 1 fully saturated rings. The molecule has 1 heterocycles. The van der Waals surface area contributed by atoms with Gasteiger partial charge in [0.05, 0.1) is 9.82 Å². The Kier molecular flexibility index (Phi) is 4.13. The van der Waals surface area contributed by atoms with E-state index in [2.05, 4.69) is 4.72 Å². The monoisotopic (exact) mass is 286 g/mol. The molecule has 0 spiro atoms. The minimum absolute atomic E-state index is 0.0320. The molecular formula is C11H14N2O5S. The number of nitrogens with one attached hydrogen (secondary N) is 1. The number of nitro benzene ring substituents is 1. The number of ether oxygens (including phenoxy) is 1. The Balaban J connectivity index is 2.12. The number of sulfonamides is 1. The first-order valence-corrected chi connectivity index (χ1v) is 7.32.